The van der Waals surface area contributed by atoms with Crippen molar-refractivity contribution in [2.75, 3.05) is 17.9 Å². The zero-order chi connectivity index (χ0) is 19.5. The summed E-state index contributed by atoms with van der Waals surface area (Å²) in [6, 6.07) is 13.2. The number of halogens is 1. The summed E-state index contributed by atoms with van der Waals surface area (Å²) >= 11 is 0. The van der Waals surface area contributed by atoms with Crippen LogP contribution in [0.25, 0.3) is 0 Å². The molecule has 8 heteroatoms. The topological polar surface area (TPSA) is 92.5 Å². The summed E-state index contributed by atoms with van der Waals surface area (Å²) in [5.74, 6) is -0.365. The van der Waals surface area contributed by atoms with Crippen molar-refractivity contribution in [3.05, 3.63) is 59.7 Å². The van der Waals surface area contributed by atoms with Crippen LogP contribution in [-0.4, -0.2) is 33.5 Å². The van der Waals surface area contributed by atoms with Crippen LogP contribution in [0.4, 0.5) is 5.69 Å². The largest absolute Gasteiger partial charge is 0.346 e. The lowest BCUT2D eigenvalue weighted by atomic mass is 10.1. The molecule has 0 spiro atoms. The first-order chi connectivity index (χ1) is 12.1. The Balaban J connectivity index is 0.00000364. The Kier molecular flexibility index (Phi) is 7.42. The molecule has 2 rings (SSSR count). The van der Waals surface area contributed by atoms with E-state index < -0.39 is 15.6 Å². The van der Waals surface area contributed by atoms with E-state index in [0.717, 1.165) is 5.56 Å². The van der Waals surface area contributed by atoms with E-state index in [1.54, 1.807) is 38.1 Å². The summed E-state index contributed by atoms with van der Waals surface area (Å²) in [5.41, 5.74) is 6.91. The molecule has 27 heavy (non-hydrogen) atoms. The molecule has 1 amide bonds. The van der Waals surface area contributed by atoms with Gasteiger partial charge in [0.15, 0.2) is 0 Å². The highest BCUT2D eigenvalue weighted by molar-refractivity contribution is 7.92. The van der Waals surface area contributed by atoms with E-state index in [2.05, 4.69) is 5.32 Å². The van der Waals surface area contributed by atoms with Crippen LogP contribution in [0.5, 0.6) is 0 Å². The number of sulfonamides is 1. The van der Waals surface area contributed by atoms with E-state index in [-0.39, 0.29) is 35.3 Å². The van der Waals surface area contributed by atoms with Crippen LogP contribution in [0, 0.1) is 6.92 Å². The van der Waals surface area contributed by atoms with Gasteiger partial charge in [-0.3, -0.25) is 9.10 Å². The molecule has 0 radical (unpaired) electrons. The molecule has 6 nitrogen and oxygen atoms in total. The minimum absolute atomic E-state index is 0. The van der Waals surface area contributed by atoms with E-state index in [9.17, 15) is 13.2 Å². The molecule has 0 aliphatic heterocycles. The molecule has 0 heterocycles. The Labute approximate surface area is 167 Å². The van der Waals surface area contributed by atoms with E-state index in [4.69, 9.17) is 5.73 Å². The first kappa shape index (κ1) is 23.0. The van der Waals surface area contributed by atoms with Crippen molar-refractivity contribution < 1.29 is 13.2 Å². The fourth-order valence-corrected chi connectivity index (χ4v) is 3.52. The van der Waals surface area contributed by atoms with E-state index in [1.807, 2.05) is 19.1 Å². The molecule has 0 saturated heterocycles. The smallest absolute Gasteiger partial charge is 0.264 e. The van der Waals surface area contributed by atoms with E-state index >= 15 is 0 Å². The predicted molar refractivity (Wildman–Crippen MR) is 111 cm³/mol. The molecule has 0 aliphatic carbocycles. The van der Waals surface area contributed by atoms with Gasteiger partial charge in [0, 0.05) is 24.7 Å². The number of nitrogens with zero attached hydrogens (tertiary/aromatic N) is 1. The lowest BCUT2D eigenvalue weighted by Crippen LogP contribution is -2.48. The fourth-order valence-electron chi connectivity index (χ4n) is 2.28. The Hall–Kier alpha value is -2.09. The highest BCUT2D eigenvalue weighted by atomic mass is 35.5. The summed E-state index contributed by atoms with van der Waals surface area (Å²) < 4.78 is 27.0. The maximum atomic E-state index is 12.9. The minimum atomic E-state index is -3.78. The molecule has 3 N–H and O–H groups in total. The quantitative estimate of drug-likeness (QED) is 0.764. The second-order valence-corrected chi connectivity index (χ2v) is 8.85. The van der Waals surface area contributed by atoms with Crippen molar-refractivity contribution >= 4 is 34.0 Å². The number of hydrogen-bond donors (Lipinski definition) is 2. The number of amides is 1. The van der Waals surface area contributed by atoms with Gasteiger partial charge in [0.1, 0.15) is 0 Å². The molecule has 0 bridgehead atoms. The Morgan fingerprint density at radius 3 is 2.30 bits per heavy atom. The molecule has 0 atom stereocenters. The maximum Gasteiger partial charge on any atom is 0.264 e. The Morgan fingerprint density at radius 2 is 1.74 bits per heavy atom. The van der Waals surface area contributed by atoms with Crippen molar-refractivity contribution in [1.29, 1.82) is 0 Å². The zero-order valence-corrected chi connectivity index (χ0v) is 17.5. The fraction of sp³-hybridized carbons (Fsp3) is 0.316. The van der Waals surface area contributed by atoms with Gasteiger partial charge in [-0.05, 0) is 51.1 Å². The summed E-state index contributed by atoms with van der Waals surface area (Å²) in [7, 11) is -2.29. The molecule has 148 valence electrons. The molecular formula is C19H26ClN3O3S. The van der Waals surface area contributed by atoms with Crippen molar-refractivity contribution in [1.82, 2.24) is 5.32 Å². The van der Waals surface area contributed by atoms with Crippen molar-refractivity contribution in [2.45, 2.75) is 31.2 Å². The van der Waals surface area contributed by atoms with Crippen LogP contribution in [-0.2, 0) is 10.0 Å². The molecule has 0 aliphatic rings. The molecule has 0 fully saturated rings. The average Bonchev–Trinajstić information content (AvgIpc) is 2.61. The lowest BCUT2D eigenvalue weighted by Gasteiger charge is -2.24. The van der Waals surface area contributed by atoms with Crippen LogP contribution < -0.4 is 15.4 Å². The van der Waals surface area contributed by atoms with Gasteiger partial charge in [0.05, 0.1) is 10.6 Å². The second-order valence-electron chi connectivity index (χ2n) is 6.88. The normalized spacial score (nSPS) is 11.4. The summed E-state index contributed by atoms with van der Waals surface area (Å²) in [6.07, 6.45) is 0. The van der Waals surface area contributed by atoms with Crippen LogP contribution in [0.15, 0.2) is 53.4 Å². The third kappa shape index (κ3) is 5.45. The number of carbonyl (C=O) groups excluding carboxylic acids is 1. The third-order valence-corrected chi connectivity index (χ3v) is 5.90. The van der Waals surface area contributed by atoms with Gasteiger partial charge in [-0.25, -0.2) is 8.42 Å². The number of nitrogens with one attached hydrogen (secondary N) is 1. The lowest BCUT2D eigenvalue weighted by molar-refractivity contribution is 0.0915. The highest BCUT2D eigenvalue weighted by Crippen LogP contribution is 2.23. The summed E-state index contributed by atoms with van der Waals surface area (Å²) in [5, 5.41) is 2.80. The van der Waals surface area contributed by atoms with Crippen molar-refractivity contribution in [3.63, 3.8) is 0 Å². The number of nitrogens with two attached hydrogens (primary N) is 1. The molecule has 2 aromatic carbocycles. The van der Waals surface area contributed by atoms with Crippen molar-refractivity contribution in [2.24, 2.45) is 5.73 Å². The second kappa shape index (κ2) is 8.73. The molecule has 0 saturated carbocycles. The monoisotopic (exact) mass is 411 g/mol. The SMILES string of the molecule is Cc1ccc(N(C)S(=O)(=O)c2cccc(C(=O)NC(C)(C)CN)c2)cc1.Cl. The van der Waals surface area contributed by atoms with Gasteiger partial charge in [-0.2, -0.15) is 0 Å². The zero-order valence-electron chi connectivity index (χ0n) is 15.9. The highest BCUT2D eigenvalue weighted by Gasteiger charge is 2.24. The number of carbonyl (C=O) groups is 1. The van der Waals surface area contributed by atoms with Gasteiger partial charge >= 0.3 is 0 Å². The Bertz CT molecular complexity index is 897. The third-order valence-electron chi connectivity index (χ3n) is 4.11. The first-order valence-corrected chi connectivity index (χ1v) is 9.69. The number of benzene rings is 2. The van der Waals surface area contributed by atoms with Gasteiger partial charge in [-0.15, -0.1) is 12.4 Å². The molecule has 2 aromatic rings. The first-order valence-electron chi connectivity index (χ1n) is 8.25. The van der Waals surface area contributed by atoms with Gasteiger partial charge < -0.3 is 11.1 Å². The molecule has 0 aromatic heterocycles. The van der Waals surface area contributed by atoms with E-state index in [0.29, 0.717) is 5.69 Å². The number of anilines is 1. The van der Waals surface area contributed by atoms with Crippen LogP contribution in [0.3, 0.4) is 0 Å². The van der Waals surface area contributed by atoms with Gasteiger partial charge in [0.25, 0.3) is 15.9 Å². The average molecular weight is 412 g/mol. The van der Waals surface area contributed by atoms with Crippen molar-refractivity contribution in [3.8, 4) is 0 Å². The Morgan fingerprint density at radius 1 is 1.15 bits per heavy atom. The molecular weight excluding hydrogens is 386 g/mol. The van der Waals surface area contributed by atoms with Crippen LogP contribution >= 0.6 is 12.4 Å². The molecule has 0 unspecified atom stereocenters. The number of aryl methyl sites for hydroxylation is 1. The summed E-state index contributed by atoms with van der Waals surface area (Å²) in [4.78, 5) is 12.5. The minimum Gasteiger partial charge on any atom is -0.346 e. The van der Waals surface area contributed by atoms with Crippen LogP contribution in [0.1, 0.15) is 29.8 Å². The number of rotatable bonds is 6. The van der Waals surface area contributed by atoms with Crippen LogP contribution in [0.2, 0.25) is 0 Å². The maximum absolute atomic E-state index is 12.9. The summed E-state index contributed by atoms with van der Waals surface area (Å²) in [6.45, 7) is 5.81. The van der Waals surface area contributed by atoms with E-state index in [1.165, 1.54) is 23.5 Å². The predicted octanol–water partition coefficient (Wildman–Crippen LogP) is 2.71. The van der Waals surface area contributed by atoms with Gasteiger partial charge in [0.2, 0.25) is 0 Å². The number of hydrogen-bond acceptors (Lipinski definition) is 4. The van der Waals surface area contributed by atoms with Gasteiger partial charge in [-0.1, -0.05) is 23.8 Å². The standard InChI is InChI=1S/C19H25N3O3S.ClH/c1-14-8-10-16(11-9-14)22(4)26(24,25)17-7-5-6-15(12-17)18(23)21-19(2,3)13-20;/h5-12H,13,20H2,1-4H3,(H,21,23);1H.